The third kappa shape index (κ3) is 3.77. The van der Waals surface area contributed by atoms with Crippen molar-refractivity contribution in [3.05, 3.63) is 83.7 Å². The van der Waals surface area contributed by atoms with Crippen molar-refractivity contribution >= 4 is 10.9 Å². The number of ether oxygens (including phenoxy) is 1. The lowest BCUT2D eigenvalue weighted by Gasteiger charge is -2.10. The van der Waals surface area contributed by atoms with E-state index in [1.165, 1.54) is 12.1 Å². The highest BCUT2D eigenvalue weighted by molar-refractivity contribution is 5.78. The number of rotatable bonds is 4. The maximum absolute atomic E-state index is 13.3. The molecular weight excluding hydrogens is 341 g/mol. The van der Waals surface area contributed by atoms with Crippen molar-refractivity contribution in [2.45, 2.75) is 20.5 Å². The summed E-state index contributed by atoms with van der Waals surface area (Å²) in [5, 5.41) is 0.777. The maximum Gasteiger partial charge on any atom is 0.130 e. The molecule has 0 amide bonds. The van der Waals surface area contributed by atoms with E-state index in [4.69, 9.17) is 4.74 Å². The molecule has 0 aliphatic heterocycles. The molecule has 0 aliphatic carbocycles. The van der Waals surface area contributed by atoms with Gasteiger partial charge in [-0.05, 0) is 67.9 Å². The number of aromatic nitrogens is 3. The van der Waals surface area contributed by atoms with Gasteiger partial charge in [-0.2, -0.15) is 0 Å². The van der Waals surface area contributed by atoms with E-state index < -0.39 is 0 Å². The van der Waals surface area contributed by atoms with Gasteiger partial charge in [-0.15, -0.1) is 0 Å². The van der Waals surface area contributed by atoms with Gasteiger partial charge in [0.1, 0.15) is 24.0 Å². The zero-order valence-electron chi connectivity index (χ0n) is 15.1. The lowest BCUT2D eigenvalue weighted by Crippen LogP contribution is -1.99. The molecule has 2 heterocycles. The van der Waals surface area contributed by atoms with E-state index in [0.29, 0.717) is 6.61 Å². The van der Waals surface area contributed by atoms with Gasteiger partial charge in [0.2, 0.25) is 0 Å². The molecule has 4 aromatic rings. The van der Waals surface area contributed by atoms with Gasteiger partial charge >= 0.3 is 0 Å². The van der Waals surface area contributed by atoms with Crippen molar-refractivity contribution in [1.82, 2.24) is 15.0 Å². The molecule has 0 N–H and O–H groups in total. The van der Waals surface area contributed by atoms with Crippen molar-refractivity contribution in [3.8, 4) is 17.0 Å². The highest BCUT2D eigenvalue weighted by atomic mass is 19.1. The third-order valence-electron chi connectivity index (χ3n) is 4.35. The number of halogens is 1. The molecule has 0 saturated carbocycles. The highest BCUT2D eigenvalue weighted by Crippen LogP contribution is 2.26. The van der Waals surface area contributed by atoms with Gasteiger partial charge in [-0.3, -0.25) is 0 Å². The largest absolute Gasteiger partial charge is 0.487 e. The Labute approximate surface area is 156 Å². The van der Waals surface area contributed by atoms with Gasteiger partial charge in [-0.25, -0.2) is 19.3 Å². The van der Waals surface area contributed by atoms with E-state index in [-0.39, 0.29) is 5.82 Å². The highest BCUT2D eigenvalue weighted by Gasteiger charge is 2.07. The molecule has 2 aromatic heterocycles. The second-order valence-corrected chi connectivity index (χ2v) is 6.39. The Morgan fingerprint density at radius 1 is 0.926 bits per heavy atom. The van der Waals surface area contributed by atoms with Crippen LogP contribution in [0, 0.1) is 19.7 Å². The average Bonchev–Trinajstić information content (AvgIpc) is 2.66. The summed E-state index contributed by atoms with van der Waals surface area (Å²) in [6.45, 7) is 4.25. The lowest BCUT2D eigenvalue weighted by molar-refractivity contribution is 0.301. The Morgan fingerprint density at radius 2 is 1.81 bits per heavy atom. The van der Waals surface area contributed by atoms with E-state index in [0.717, 1.165) is 45.0 Å². The number of aryl methyl sites for hydroxylation is 2. The molecule has 134 valence electrons. The van der Waals surface area contributed by atoms with Crippen LogP contribution >= 0.6 is 0 Å². The summed E-state index contributed by atoms with van der Waals surface area (Å²) in [6, 6.07) is 16.1. The van der Waals surface area contributed by atoms with Crippen LogP contribution in [0.2, 0.25) is 0 Å². The molecule has 2 aromatic carbocycles. The normalized spacial score (nSPS) is 10.9. The Bertz CT molecular complexity index is 1130. The van der Waals surface area contributed by atoms with Gasteiger partial charge in [-0.1, -0.05) is 6.07 Å². The molecule has 0 radical (unpaired) electrons. The Hall–Kier alpha value is -3.34. The molecule has 0 saturated heterocycles. The van der Waals surface area contributed by atoms with Crippen LogP contribution in [-0.2, 0) is 6.61 Å². The van der Waals surface area contributed by atoms with E-state index in [2.05, 4.69) is 15.0 Å². The molecule has 0 aliphatic rings. The topological polar surface area (TPSA) is 47.9 Å². The van der Waals surface area contributed by atoms with Crippen molar-refractivity contribution < 1.29 is 9.13 Å². The smallest absolute Gasteiger partial charge is 0.130 e. The standard InChI is InChI=1S/C22H18FN3O/c1-14-11-19(6-7-20(14)22-9-10-24-15(2)25-22)27-13-18-5-3-16-12-17(23)4-8-21(16)26-18/h3-12H,13H2,1-2H3. The molecule has 0 unspecified atom stereocenters. The predicted octanol–water partition coefficient (Wildman–Crippen LogP) is 5.03. The number of hydrogen-bond acceptors (Lipinski definition) is 4. The minimum atomic E-state index is -0.261. The first-order chi connectivity index (χ1) is 13.1. The Morgan fingerprint density at radius 3 is 2.63 bits per heavy atom. The number of hydrogen-bond donors (Lipinski definition) is 0. The van der Waals surface area contributed by atoms with Gasteiger partial charge in [0, 0.05) is 17.1 Å². The number of benzene rings is 2. The zero-order chi connectivity index (χ0) is 18.8. The predicted molar refractivity (Wildman–Crippen MR) is 103 cm³/mol. The first-order valence-electron chi connectivity index (χ1n) is 8.67. The molecule has 27 heavy (non-hydrogen) atoms. The summed E-state index contributed by atoms with van der Waals surface area (Å²) >= 11 is 0. The first kappa shape index (κ1) is 17.1. The Kier molecular flexibility index (Phi) is 4.50. The fourth-order valence-electron chi connectivity index (χ4n) is 3.00. The van der Waals surface area contributed by atoms with E-state index in [9.17, 15) is 4.39 Å². The monoisotopic (exact) mass is 359 g/mol. The molecule has 4 rings (SSSR count). The zero-order valence-corrected chi connectivity index (χ0v) is 15.1. The molecule has 4 nitrogen and oxygen atoms in total. The summed E-state index contributed by atoms with van der Waals surface area (Å²) in [5.41, 5.74) is 4.58. The number of pyridine rings is 1. The molecule has 5 heteroatoms. The van der Waals surface area contributed by atoms with Crippen molar-refractivity contribution in [2.75, 3.05) is 0 Å². The van der Waals surface area contributed by atoms with Crippen LogP contribution in [0.25, 0.3) is 22.2 Å². The van der Waals surface area contributed by atoms with E-state index >= 15 is 0 Å². The van der Waals surface area contributed by atoms with Crippen molar-refractivity contribution in [3.63, 3.8) is 0 Å². The third-order valence-corrected chi connectivity index (χ3v) is 4.35. The number of fused-ring (bicyclic) bond motifs is 1. The molecule has 0 spiro atoms. The van der Waals surface area contributed by atoms with Gasteiger partial charge < -0.3 is 4.74 Å². The summed E-state index contributed by atoms with van der Waals surface area (Å²) in [7, 11) is 0. The summed E-state index contributed by atoms with van der Waals surface area (Å²) in [4.78, 5) is 13.1. The van der Waals surface area contributed by atoms with Crippen molar-refractivity contribution in [1.29, 1.82) is 0 Å². The van der Waals surface area contributed by atoms with Crippen molar-refractivity contribution in [2.24, 2.45) is 0 Å². The quantitative estimate of drug-likeness (QED) is 0.513. The van der Waals surface area contributed by atoms with Crippen LogP contribution in [-0.4, -0.2) is 15.0 Å². The van der Waals surface area contributed by atoms with Crippen LogP contribution in [0.5, 0.6) is 5.75 Å². The summed E-state index contributed by atoms with van der Waals surface area (Å²) in [5.74, 6) is 1.25. The summed E-state index contributed by atoms with van der Waals surface area (Å²) in [6.07, 6.45) is 1.76. The second kappa shape index (κ2) is 7.11. The molecule has 0 fully saturated rings. The lowest BCUT2D eigenvalue weighted by atomic mass is 10.1. The number of nitrogens with zero attached hydrogens (tertiary/aromatic N) is 3. The minimum absolute atomic E-state index is 0.261. The van der Waals surface area contributed by atoms with Crippen LogP contribution in [0.4, 0.5) is 4.39 Å². The van der Waals surface area contributed by atoms with Gasteiger partial charge in [0.15, 0.2) is 0 Å². The van der Waals surface area contributed by atoms with Crippen LogP contribution in [0.1, 0.15) is 17.1 Å². The van der Waals surface area contributed by atoms with Gasteiger partial charge in [0.05, 0.1) is 16.9 Å². The molecular formula is C22H18FN3O. The Balaban J connectivity index is 1.52. The fourth-order valence-corrected chi connectivity index (χ4v) is 3.00. The molecule has 0 bridgehead atoms. The van der Waals surface area contributed by atoms with Crippen LogP contribution in [0.3, 0.4) is 0 Å². The molecule has 0 atom stereocenters. The van der Waals surface area contributed by atoms with E-state index in [1.54, 1.807) is 12.3 Å². The average molecular weight is 359 g/mol. The SMILES string of the molecule is Cc1nccc(-c2ccc(OCc3ccc4cc(F)ccc4n3)cc2C)n1. The second-order valence-electron chi connectivity index (χ2n) is 6.39. The fraction of sp³-hybridized carbons (Fsp3) is 0.136. The van der Waals surface area contributed by atoms with Crippen LogP contribution < -0.4 is 4.74 Å². The van der Waals surface area contributed by atoms with Gasteiger partial charge in [0.25, 0.3) is 0 Å². The van der Waals surface area contributed by atoms with Crippen LogP contribution in [0.15, 0.2) is 60.8 Å². The first-order valence-corrected chi connectivity index (χ1v) is 8.67. The van der Waals surface area contributed by atoms with E-state index in [1.807, 2.05) is 50.2 Å². The summed E-state index contributed by atoms with van der Waals surface area (Å²) < 4.78 is 19.2. The minimum Gasteiger partial charge on any atom is -0.487 e. The maximum atomic E-state index is 13.3.